The van der Waals surface area contributed by atoms with Gasteiger partial charge in [-0.3, -0.25) is 4.79 Å². The highest BCUT2D eigenvalue weighted by atomic mass is 19.4. The molecule has 27 heavy (non-hydrogen) atoms. The van der Waals surface area contributed by atoms with E-state index in [0.717, 1.165) is 24.2 Å². The van der Waals surface area contributed by atoms with Crippen LogP contribution in [0.25, 0.3) is 0 Å². The predicted molar refractivity (Wildman–Crippen MR) is 92.9 cm³/mol. The molecular formula is C19H19F3N4O. The van der Waals surface area contributed by atoms with Crippen LogP contribution in [0.1, 0.15) is 23.2 Å². The molecule has 1 atom stereocenters. The summed E-state index contributed by atoms with van der Waals surface area (Å²) in [5.41, 5.74) is 1.47. The predicted octanol–water partition coefficient (Wildman–Crippen LogP) is 2.91. The topological polar surface area (TPSA) is 49.3 Å². The lowest BCUT2D eigenvalue weighted by atomic mass is 9.98. The molecule has 1 aromatic heterocycles. The summed E-state index contributed by atoms with van der Waals surface area (Å²) in [4.78, 5) is 24.0. The summed E-state index contributed by atoms with van der Waals surface area (Å²) >= 11 is 0. The molecule has 4 rings (SSSR count). The monoisotopic (exact) mass is 376 g/mol. The van der Waals surface area contributed by atoms with Crippen molar-refractivity contribution in [1.82, 2.24) is 14.9 Å². The van der Waals surface area contributed by atoms with Crippen molar-refractivity contribution < 1.29 is 18.0 Å². The Morgan fingerprint density at radius 3 is 2.67 bits per heavy atom. The summed E-state index contributed by atoms with van der Waals surface area (Å²) in [5, 5.41) is 0. The number of hydrogen-bond acceptors (Lipinski definition) is 4. The van der Waals surface area contributed by atoms with E-state index in [4.69, 9.17) is 0 Å². The molecule has 1 saturated heterocycles. The van der Waals surface area contributed by atoms with Crippen LogP contribution < -0.4 is 4.90 Å². The molecule has 3 heterocycles. The average molecular weight is 376 g/mol. The molecule has 2 aromatic rings. The number of carbonyl (C=O) groups excluding carboxylic acids is 1. The van der Waals surface area contributed by atoms with Crippen LogP contribution in [-0.4, -0.2) is 40.4 Å². The molecule has 8 heteroatoms. The Labute approximate surface area is 154 Å². The van der Waals surface area contributed by atoms with Crippen LogP contribution in [0.2, 0.25) is 0 Å². The number of benzene rings is 1. The van der Waals surface area contributed by atoms with E-state index < -0.39 is 11.9 Å². The van der Waals surface area contributed by atoms with Crippen molar-refractivity contribution >= 4 is 11.9 Å². The summed E-state index contributed by atoms with van der Waals surface area (Å²) in [6.07, 6.45) is -1.97. The number of aromatic nitrogens is 2. The van der Waals surface area contributed by atoms with Gasteiger partial charge in [0, 0.05) is 32.4 Å². The van der Waals surface area contributed by atoms with E-state index in [2.05, 4.69) is 16.0 Å². The van der Waals surface area contributed by atoms with Gasteiger partial charge in [0.25, 0.3) is 0 Å². The third-order valence-corrected chi connectivity index (χ3v) is 5.20. The maximum atomic E-state index is 12.9. The Morgan fingerprint density at radius 1 is 1.11 bits per heavy atom. The first-order valence-electron chi connectivity index (χ1n) is 8.92. The fourth-order valence-electron chi connectivity index (χ4n) is 3.74. The molecule has 0 radical (unpaired) electrons. The quantitative estimate of drug-likeness (QED) is 0.809. The molecule has 1 fully saturated rings. The SMILES string of the molecule is O=C(C1CCN(c2nccc(C(F)(F)F)n2)C1)N1CCc2ccccc2C1. The Balaban J connectivity index is 1.43. The van der Waals surface area contributed by atoms with Crippen molar-refractivity contribution in [3.8, 4) is 0 Å². The van der Waals surface area contributed by atoms with E-state index in [1.165, 1.54) is 5.56 Å². The van der Waals surface area contributed by atoms with Crippen molar-refractivity contribution in [3.05, 3.63) is 53.3 Å². The van der Waals surface area contributed by atoms with Crippen molar-refractivity contribution in [1.29, 1.82) is 0 Å². The maximum Gasteiger partial charge on any atom is 0.433 e. The van der Waals surface area contributed by atoms with Gasteiger partial charge in [0.1, 0.15) is 5.69 Å². The highest BCUT2D eigenvalue weighted by Gasteiger charge is 2.36. The summed E-state index contributed by atoms with van der Waals surface area (Å²) in [6.45, 7) is 2.08. The summed E-state index contributed by atoms with van der Waals surface area (Å²) in [5.74, 6) is -0.156. The maximum absolute atomic E-state index is 12.9. The van der Waals surface area contributed by atoms with E-state index in [1.807, 2.05) is 23.1 Å². The van der Waals surface area contributed by atoms with Gasteiger partial charge in [0.15, 0.2) is 0 Å². The number of nitrogens with zero attached hydrogens (tertiary/aromatic N) is 4. The summed E-state index contributed by atoms with van der Waals surface area (Å²) in [6, 6.07) is 8.94. The van der Waals surface area contributed by atoms with Crippen LogP contribution in [0.3, 0.4) is 0 Å². The first-order chi connectivity index (χ1) is 12.9. The molecule has 1 aromatic carbocycles. The van der Waals surface area contributed by atoms with Crippen LogP contribution in [0, 0.1) is 5.92 Å². The van der Waals surface area contributed by atoms with Crippen LogP contribution in [0.5, 0.6) is 0 Å². The van der Waals surface area contributed by atoms with Gasteiger partial charge in [0.2, 0.25) is 11.9 Å². The zero-order valence-corrected chi connectivity index (χ0v) is 14.6. The molecule has 0 saturated carbocycles. The van der Waals surface area contributed by atoms with Crippen molar-refractivity contribution in [2.75, 3.05) is 24.5 Å². The number of halogens is 3. The highest BCUT2D eigenvalue weighted by molar-refractivity contribution is 5.80. The van der Waals surface area contributed by atoms with Crippen LogP contribution in [0.4, 0.5) is 19.1 Å². The number of fused-ring (bicyclic) bond motifs is 1. The van der Waals surface area contributed by atoms with Gasteiger partial charge < -0.3 is 9.80 Å². The lowest BCUT2D eigenvalue weighted by molar-refractivity contribution is -0.141. The van der Waals surface area contributed by atoms with Crippen LogP contribution >= 0.6 is 0 Å². The Morgan fingerprint density at radius 2 is 1.89 bits per heavy atom. The average Bonchev–Trinajstić information content (AvgIpc) is 3.17. The van der Waals surface area contributed by atoms with Crippen LogP contribution in [0.15, 0.2) is 36.5 Å². The molecule has 0 aliphatic carbocycles. The minimum atomic E-state index is -4.51. The van der Waals surface area contributed by atoms with Gasteiger partial charge in [-0.15, -0.1) is 0 Å². The Kier molecular flexibility index (Phi) is 4.49. The van der Waals surface area contributed by atoms with E-state index in [-0.39, 0.29) is 17.8 Å². The van der Waals surface area contributed by atoms with Gasteiger partial charge in [-0.05, 0) is 30.0 Å². The fraction of sp³-hybridized carbons (Fsp3) is 0.421. The van der Waals surface area contributed by atoms with E-state index in [1.54, 1.807) is 4.90 Å². The molecule has 1 unspecified atom stereocenters. The number of amides is 1. The molecule has 2 aliphatic heterocycles. The third kappa shape index (κ3) is 3.61. The smallest absolute Gasteiger partial charge is 0.340 e. The van der Waals surface area contributed by atoms with Gasteiger partial charge >= 0.3 is 6.18 Å². The summed E-state index contributed by atoms with van der Waals surface area (Å²) in [7, 11) is 0. The standard InChI is InChI=1S/C19H19F3N4O/c20-19(21,22)16-5-8-23-18(24-16)26-10-7-15(12-26)17(27)25-9-6-13-3-1-2-4-14(13)11-25/h1-5,8,15H,6-7,9-12H2. The lowest BCUT2D eigenvalue weighted by Crippen LogP contribution is -2.40. The number of anilines is 1. The molecule has 0 N–H and O–H groups in total. The van der Waals surface area contributed by atoms with Crippen molar-refractivity contribution in [2.45, 2.75) is 25.6 Å². The Hall–Kier alpha value is -2.64. The van der Waals surface area contributed by atoms with E-state index >= 15 is 0 Å². The van der Waals surface area contributed by atoms with Crippen LogP contribution in [-0.2, 0) is 23.9 Å². The van der Waals surface area contributed by atoms with E-state index in [9.17, 15) is 18.0 Å². The fourth-order valence-corrected chi connectivity index (χ4v) is 3.74. The Bertz CT molecular complexity index is 855. The number of hydrogen-bond donors (Lipinski definition) is 0. The number of carbonyl (C=O) groups is 1. The minimum absolute atomic E-state index is 0.0316. The second-order valence-corrected chi connectivity index (χ2v) is 6.95. The zero-order valence-electron chi connectivity index (χ0n) is 14.6. The zero-order chi connectivity index (χ0) is 19.0. The second-order valence-electron chi connectivity index (χ2n) is 6.95. The molecule has 0 spiro atoms. The minimum Gasteiger partial charge on any atom is -0.340 e. The van der Waals surface area contributed by atoms with Gasteiger partial charge in [-0.25, -0.2) is 9.97 Å². The second kappa shape index (κ2) is 6.83. The molecule has 5 nitrogen and oxygen atoms in total. The van der Waals surface area contributed by atoms with E-state index in [0.29, 0.717) is 32.6 Å². The van der Waals surface area contributed by atoms with Gasteiger partial charge in [0.05, 0.1) is 5.92 Å². The van der Waals surface area contributed by atoms with Gasteiger partial charge in [-0.1, -0.05) is 24.3 Å². The normalized spacial score (nSPS) is 19.9. The molecular weight excluding hydrogens is 357 g/mol. The molecule has 1 amide bonds. The highest BCUT2D eigenvalue weighted by Crippen LogP contribution is 2.30. The molecule has 142 valence electrons. The largest absolute Gasteiger partial charge is 0.433 e. The molecule has 2 aliphatic rings. The first kappa shape index (κ1) is 17.8. The molecule has 0 bridgehead atoms. The van der Waals surface area contributed by atoms with Crippen molar-refractivity contribution in [2.24, 2.45) is 5.92 Å². The lowest BCUT2D eigenvalue weighted by Gasteiger charge is -2.31. The summed E-state index contributed by atoms with van der Waals surface area (Å²) < 4.78 is 38.6. The van der Waals surface area contributed by atoms with Crippen molar-refractivity contribution in [3.63, 3.8) is 0 Å². The third-order valence-electron chi connectivity index (χ3n) is 5.20. The first-order valence-corrected chi connectivity index (χ1v) is 8.92. The number of rotatable bonds is 2. The number of alkyl halides is 3. The van der Waals surface area contributed by atoms with Gasteiger partial charge in [-0.2, -0.15) is 13.2 Å².